The molecule has 0 fully saturated rings. The molecule has 0 saturated carbocycles. The lowest BCUT2D eigenvalue weighted by Crippen LogP contribution is -2.25. The van der Waals surface area contributed by atoms with Crippen molar-refractivity contribution in [3.8, 4) is 11.5 Å². The van der Waals surface area contributed by atoms with Crippen LogP contribution in [0.15, 0.2) is 60.7 Å². The van der Waals surface area contributed by atoms with E-state index in [2.05, 4.69) is 6.92 Å². The number of rotatable bonds is 14. The Balaban J connectivity index is 1.71. The van der Waals surface area contributed by atoms with Gasteiger partial charge in [0.25, 0.3) is 0 Å². The second kappa shape index (κ2) is 13.3. The maximum atomic E-state index is 6.17. The molecule has 0 aliphatic rings. The molecule has 0 saturated heterocycles. The van der Waals surface area contributed by atoms with Gasteiger partial charge in [-0.1, -0.05) is 88.3 Å². The molecule has 2 heteroatoms. The summed E-state index contributed by atoms with van der Waals surface area (Å²) in [7, 11) is 0. The van der Waals surface area contributed by atoms with Crippen LogP contribution in [0.25, 0.3) is 0 Å². The molecule has 0 radical (unpaired) electrons. The van der Waals surface area contributed by atoms with Gasteiger partial charge >= 0.3 is 0 Å². The average molecular weight is 355 g/mol. The van der Waals surface area contributed by atoms with Crippen molar-refractivity contribution in [3.05, 3.63) is 60.7 Å². The normalized spacial score (nSPS) is 11.9. The highest BCUT2D eigenvalue weighted by Gasteiger charge is 2.12. The first-order valence-corrected chi connectivity index (χ1v) is 10.3. The van der Waals surface area contributed by atoms with Gasteiger partial charge in [0.05, 0.1) is 0 Å². The predicted molar refractivity (Wildman–Crippen MR) is 110 cm³/mol. The fourth-order valence-corrected chi connectivity index (χ4v) is 3.08. The molecule has 1 atom stereocenters. The standard InChI is InChI=1S/C24H34O2/c1-2-3-4-5-6-7-8-11-20-24(26-23-18-14-10-15-19-23)21-25-22-16-12-9-13-17-22/h9-10,12-19,24H,2-8,11,20-21H2,1H3. The lowest BCUT2D eigenvalue weighted by atomic mass is 10.1. The summed E-state index contributed by atoms with van der Waals surface area (Å²) in [5.41, 5.74) is 0. The average Bonchev–Trinajstić information content (AvgIpc) is 2.69. The van der Waals surface area contributed by atoms with Crippen LogP contribution in [0.2, 0.25) is 0 Å². The maximum absolute atomic E-state index is 6.17. The molecule has 0 aliphatic carbocycles. The number of unbranched alkanes of at least 4 members (excludes halogenated alkanes) is 7. The van der Waals surface area contributed by atoms with E-state index >= 15 is 0 Å². The first kappa shape index (κ1) is 20.4. The third-order valence-corrected chi connectivity index (χ3v) is 4.60. The van der Waals surface area contributed by atoms with Gasteiger partial charge < -0.3 is 9.47 Å². The van der Waals surface area contributed by atoms with Gasteiger partial charge in [-0.2, -0.15) is 0 Å². The molecule has 2 aromatic carbocycles. The molecule has 0 aromatic heterocycles. The SMILES string of the molecule is CCCCCCCCCCC(COc1ccccc1)Oc1ccccc1. The largest absolute Gasteiger partial charge is 0.490 e. The molecule has 26 heavy (non-hydrogen) atoms. The molecular weight excluding hydrogens is 320 g/mol. The second-order valence-corrected chi connectivity index (χ2v) is 6.94. The van der Waals surface area contributed by atoms with Crippen molar-refractivity contribution in [2.24, 2.45) is 0 Å². The summed E-state index contributed by atoms with van der Waals surface area (Å²) in [6.07, 6.45) is 11.8. The van der Waals surface area contributed by atoms with Crippen LogP contribution in [-0.2, 0) is 0 Å². The lowest BCUT2D eigenvalue weighted by molar-refractivity contribution is 0.118. The Morgan fingerprint density at radius 3 is 1.81 bits per heavy atom. The number of hydrogen-bond acceptors (Lipinski definition) is 2. The van der Waals surface area contributed by atoms with E-state index in [-0.39, 0.29) is 6.10 Å². The van der Waals surface area contributed by atoms with Crippen LogP contribution >= 0.6 is 0 Å². The highest BCUT2D eigenvalue weighted by molar-refractivity contribution is 5.22. The second-order valence-electron chi connectivity index (χ2n) is 6.94. The van der Waals surface area contributed by atoms with Gasteiger partial charge in [-0.25, -0.2) is 0 Å². The fraction of sp³-hybridized carbons (Fsp3) is 0.500. The smallest absolute Gasteiger partial charge is 0.133 e. The van der Waals surface area contributed by atoms with Gasteiger partial charge in [0.15, 0.2) is 0 Å². The highest BCUT2D eigenvalue weighted by atomic mass is 16.5. The van der Waals surface area contributed by atoms with E-state index in [1.54, 1.807) is 0 Å². The zero-order valence-corrected chi connectivity index (χ0v) is 16.2. The van der Waals surface area contributed by atoms with Crippen molar-refractivity contribution in [1.29, 1.82) is 0 Å². The molecule has 0 spiro atoms. The summed E-state index contributed by atoms with van der Waals surface area (Å²) >= 11 is 0. The molecule has 142 valence electrons. The Morgan fingerprint density at radius 1 is 0.654 bits per heavy atom. The van der Waals surface area contributed by atoms with Crippen molar-refractivity contribution in [2.45, 2.75) is 70.8 Å². The molecule has 0 aliphatic heterocycles. The Labute approximate surface area is 159 Å². The summed E-state index contributed by atoms with van der Waals surface area (Å²) < 4.78 is 12.1. The molecule has 2 rings (SSSR count). The molecule has 0 amide bonds. The summed E-state index contributed by atoms with van der Waals surface area (Å²) in [6.45, 7) is 2.86. The minimum absolute atomic E-state index is 0.0951. The zero-order valence-electron chi connectivity index (χ0n) is 16.2. The Kier molecular flexibility index (Phi) is 10.4. The first-order chi connectivity index (χ1) is 12.9. The Morgan fingerprint density at radius 2 is 1.19 bits per heavy atom. The van der Waals surface area contributed by atoms with Crippen LogP contribution in [0.1, 0.15) is 64.7 Å². The number of hydrogen-bond donors (Lipinski definition) is 0. The van der Waals surface area contributed by atoms with Crippen LogP contribution in [0, 0.1) is 0 Å². The third-order valence-electron chi connectivity index (χ3n) is 4.60. The van der Waals surface area contributed by atoms with E-state index in [0.29, 0.717) is 6.61 Å². The van der Waals surface area contributed by atoms with Crippen molar-refractivity contribution in [2.75, 3.05) is 6.61 Å². The Hall–Kier alpha value is -1.96. The topological polar surface area (TPSA) is 18.5 Å². The third kappa shape index (κ3) is 8.94. The van der Waals surface area contributed by atoms with E-state index in [1.165, 1.54) is 51.4 Å². The lowest BCUT2D eigenvalue weighted by Gasteiger charge is -2.20. The zero-order chi connectivity index (χ0) is 18.3. The van der Waals surface area contributed by atoms with Crippen molar-refractivity contribution in [1.82, 2.24) is 0 Å². The van der Waals surface area contributed by atoms with Gasteiger partial charge in [-0.3, -0.25) is 0 Å². The fourth-order valence-electron chi connectivity index (χ4n) is 3.08. The summed E-state index contributed by atoms with van der Waals surface area (Å²) in [6, 6.07) is 20.1. The van der Waals surface area contributed by atoms with Crippen LogP contribution in [-0.4, -0.2) is 12.7 Å². The van der Waals surface area contributed by atoms with E-state index in [0.717, 1.165) is 17.9 Å². The van der Waals surface area contributed by atoms with E-state index < -0.39 is 0 Å². The monoisotopic (exact) mass is 354 g/mol. The van der Waals surface area contributed by atoms with Gasteiger partial charge in [-0.15, -0.1) is 0 Å². The molecule has 2 aromatic rings. The van der Waals surface area contributed by atoms with Crippen molar-refractivity contribution < 1.29 is 9.47 Å². The number of benzene rings is 2. The summed E-state index contributed by atoms with van der Waals surface area (Å²) in [5, 5.41) is 0. The van der Waals surface area contributed by atoms with Gasteiger partial charge in [-0.05, 0) is 37.1 Å². The van der Waals surface area contributed by atoms with Gasteiger partial charge in [0, 0.05) is 0 Å². The highest BCUT2D eigenvalue weighted by Crippen LogP contribution is 2.18. The van der Waals surface area contributed by atoms with Crippen LogP contribution in [0.4, 0.5) is 0 Å². The van der Waals surface area contributed by atoms with Crippen LogP contribution < -0.4 is 9.47 Å². The summed E-state index contributed by atoms with van der Waals surface area (Å²) in [5.74, 6) is 1.83. The minimum Gasteiger partial charge on any atom is -0.490 e. The summed E-state index contributed by atoms with van der Waals surface area (Å²) in [4.78, 5) is 0. The van der Waals surface area contributed by atoms with Crippen LogP contribution in [0.5, 0.6) is 11.5 Å². The molecule has 0 N–H and O–H groups in total. The van der Waals surface area contributed by atoms with Crippen molar-refractivity contribution >= 4 is 0 Å². The van der Waals surface area contributed by atoms with Gasteiger partial charge in [0.2, 0.25) is 0 Å². The van der Waals surface area contributed by atoms with Crippen molar-refractivity contribution in [3.63, 3.8) is 0 Å². The quantitative estimate of drug-likeness (QED) is 0.339. The van der Waals surface area contributed by atoms with Crippen LogP contribution in [0.3, 0.4) is 0 Å². The van der Waals surface area contributed by atoms with E-state index in [9.17, 15) is 0 Å². The molecule has 0 heterocycles. The minimum atomic E-state index is 0.0951. The first-order valence-electron chi connectivity index (χ1n) is 10.3. The van der Waals surface area contributed by atoms with Gasteiger partial charge in [0.1, 0.15) is 24.2 Å². The molecule has 0 bridgehead atoms. The predicted octanol–water partition coefficient (Wildman–Crippen LogP) is 7.04. The molecule has 2 nitrogen and oxygen atoms in total. The van der Waals surface area contributed by atoms with E-state index in [4.69, 9.17) is 9.47 Å². The van der Waals surface area contributed by atoms with E-state index in [1.807, 2.05) is 60.7 Å². The molecule has 1 unspecified atom stereocenters. The molecular formula is C24H34O2. The number of ether oxygens (including phenoxy) is 2. The maximum Gasteiger partial charge on any atom is 0.133 e. The Bertz CT molecular complexity index is 553. The number of para-hydroxylation sites is 2.